The third-order valence-corrected chi connectivity index (χ3v) is 3.71. The Balaban J connectivity index is 1.58. The Hall–Kier alpha value is -1.90. The van der Waals surface area contributed by atoms with Crippen LogP contribution in [0.5, 0.6) is 0 Å². The molecule has 1 nitrogen and oxygen atoms in total. The van der Waals surface area contributed by atoms with Gasteiger partial charge in [0.1, 0.15) is 11.6 Å². The maximum Gasteiger partial charge on any atom is 0.146 e. The zero-order valence-electron chi connectivity index (χ0n) is 10.4. The molecule has 0 aliphatic heterocycles. The van der Waals surface area contributed by atoms with Crippen LogP contribution in [0.1, 0.15) is 24.3 Å². The Morgan fingerprint density at radius 3 is 2.26 bits per heavy atom. The Bertz CT molecular complexity index is 559. The number of hydrogen-bond donors (Lipinski definition) is 1. The first-order valence-corrected chi connectivity index (χ1v) is 6.49. The van der Waals surface area contributed by atoms with Crippen LogP contribution < -0.4 is 5.32 Å². The molecule has 1 N–H and O–H groups in total. The molecule has 1 saturated carbocycles. The van der Waals surface area contributed by atoms with Gasteiger partial charge in [-0.05, 0) is 48.6 Å². The summed E-state index contributed by atoms with van der Waals surface area (Å²) in [6, 6.07) is 13.7. The molecule has 1 fully saturated rings. The molecular weight excluding hydrogens is 244 g/mol. The number of halogens is 2. The molecule has 0 saturated heterocycles. The zero-order valence-corrected chi connectivity index (χ0v) is 10.4. The molecule has 0 bridgehead atoms. The fourth-order valence-electron chi connectivity index (χ4n) is 2.54. The van der Waals surface area contributed by atoms with Crippen molar-refractivity contribution >= 4 is 5.69 Å². The van der Waals surface area contributed by atoms with Crippen molar-refractivity contribution < 1.29 is 8.78 Å². The van der Waals surface area contributed by atoms with E-state index in [0.29, 0.717) is 17.6 Å². The summed E-state index contributed by atoms with van der Waals surface area (Å²) in [5, 5.41) is 3.21. The summed E-state index contributed by atoms with van der Waals surface area (Å²) in [6.45, 7) is 0. The van der Waals surface area contributed by atoms with Crippen molar-refractivity contribution in [2.24, 2.45) is 0 Å². The second-order valence-electron chi connectivity index (χ2n) is 5.04. The Labute approximate surface area is 111 Å². The molecule has 0 unspecified atom stereocenters. The molecule has 2 aromatic carbocycles. The quantitative estimate of drug-likeness (QED) is 0.865. The van der Waals surface area contributed by atoms with Crippen molar-refractivity contribution in [1.82, 2.24) is 0 Å². The number of nitrogens with one attached hydrogen (secondary N) is 1. The van der Waals surface area contributed by atoms with Crippen LogP contribution in [0.2, 0.25) is 0 Å². The molecule has 0 heterocycles. The first kappa shape index (κ1) is 12.2. The van der Waals surface area contributed by atoms with Crippen molar-refractivity contribution in [1.29, 1.82) is 0 Å². The van der Waals surface area contributed by atoms with Gasteiger partial charge in [-0.15, -0.1) is 0 Å². The van der Waals surface area contributed by atoms with Crippen molar-refractivity contribution in [3.05, 3.63) is 65.7 Å². The molecule has 3 heteroatoms. The number of anilines is 1. The first-order chi connectivity index (χ1) is 9.22. The number of para-hydroxylation sites is 1. The second kappa shape index (κ2) is 5.00. The molecular formula is C16H15F2N. The van der Waals surface area contributed by atoms with Crippen LogP contribution in [0.4, 0.5) is 14.5 Å². The van der Waals surface area contributed by atoms with Gasteiger partial charge in [0.05, 0.1) is 5.69 Å². The molecule has 1 aliphatic rings. The summed E-state index contributed by atoms with van der Waals surface area (Å²) >= 11 is 0. The lowest BCUT2D eigenvalue weighted by Gasteiger charge is -2.37. The predicted octanol–water partition coefficient (Wildman–Crippen LogP) is 4.32. The van der Waals surface area contributed by atoms with Gasteiger partial charge in [0.2, 0.25) is 0 Å². The third kappa shape index (κ3) is 2.60. The van der Waals surface area contributed by atoms with Gasteiger partial charge in [0, 0.05) is 6.04 Å². The van der Waals surface area contributed by atoms with Gasteiger partial charge >= 0.3 is 0 Å². The van der Waals surface area contributed by atoms with E-state index >= 15 is 0 Å². The van der Waals surface area contributed by atoms with E-state index < -0.39 is 0 Å². The molecule has 2 aromatic rings. The highest BCUT2D eigenvalue weighted by Crippen LogP contribution is 2.38. The average molecular weight is 259 g/mol. The van der Waals surface area contributed by atoms with E-state index in [4.69, 9.17) is 0 Å². The van der Waals surface area contributed by atoms with E-state index in [1.807, 2.05) is 18.2 Å². The van der Waals surface area contributed by atoms with Crippen LogP contribution in [0, 0.1) is 11.6 Å². The lowest BCUT2D eigenvalue weighted by Crippen LogP contribution is -2.34. The maximum absolute atomic E-state index is 13.5. The van der Waals surface area contributed by atoms with Crippen LogP contribution in [-0.2, 0) is 0 Å². The number of rotatable bonds is 3. The van der Waals surface area contributed by atoms with Gasteiger partial charge in [-0.1, -0.05) is 24.3 Å². The van der Waals surface area contributed by atoms with E-state index in [0.717, 1.165) is 18.4 Å². The van der Waals surface area contributed by atoms with Crippen molar-refractivity contribution in [2.45, 2.75) is 24.8 Å². The SMILES string of the molecule is Fc1ccc(C2CC(Nc3ccccc3F)C2)cc1. The zero-order chi connectivity index (χ0) is 13.2. The van der Waals surface area contributed by atoms with Gasteiger partial charge in [0.15, 0.2) is 0 Å². The summed E-state index contributed by atoms with van der Waals surface area (Å²) in [7, 11) is 0. The standard InChI is InChI=1S/C16H15F2N/c17-13-7-5-11(6-8-13)12-9-14(10-12)19-16-4-2-1-3-15(16)18/h1-8,12,14,19H,9-10H2. The second-order valence-corrected chi connectivity index (χ2v) is 5.04. The van der Waals surface area contributed by atoms with Crippen molar-refractivity contribution in [2.75, 3.05) is 5.32 Å². The fraction of sp³-hybridized carbons (Fsp3) is 0.250. The van der Waals surface area contributed by atoms with E-state index in [2.05, 4.69) is 5.32 Å². The molecule has 0 amide bonds. The Kier molecular flexibility index (Phi) is 3.20. The molecule has 1 aliphatic carbocycles. The van der Waals surface area contributed by atoms with Gasteiger partial charge in [-0.2, -0.15) is 0 Å². The largest absolute Gasteiger partial charge is 0.380 e. The molecule has 0 spiro atoms. The maximum atomic E-state index is 13.5. The number of hydrogen-bond acceptors (Lipinski definition) is 1. The van der Waals surface area contributed by atoms with Gasteiger partial charge in [-0.3, -0.25) is 0 Å². The third-order valence-electron chi connectivity index (χ3n) is 3.71. The van der Waals surface area contributed by atoms with Crippen LogP contribution in [0.15, 0.2) is 48.5 Å². The molecule has 19 heavy (non-hydrogen) atoms. The first-order valence-electron chi connectivity index (χ1n) is 6.49. The molecule has 98 valence electrons. The van der Waals surface area contributed by atoms with E-state index in [-0.39, 0.29) is 11.6 Å². The molecule has 0 radical (unpaired) electrons. The molecule has 3 rings (SSSR count). The van der Waals surface area contributed by atoms with Crippen LogP contribution in [0.25, 0.3) is 0 Å². The van der Waals surface area contributed by atoms with E-state index in [9.17, 15) is 8.78 Å². The highest BCUT2D eigenvalue weighted by Gasteiger charge is 2.30. The van der Waals surface area contributed by atoms with Crippen molar-refractivity contribution in [3.63, 3.8) is 0 Å². The minimum absolute atomic E-state index is 0.205. The molecule has 0 aromatic heterocycles. The summed E-state index contributed by atoms with van der Waals surface area (Å²) in [5.41, 5.74) is 1.72. The normalized spacial score (nSPS) is 21.8. The van der Waals surface area contributed by atoms with E-state index in [1.165, 1.54) is 18.2 Å². The Morgan fingerprint density at radius 1 is 0.895 bits per heavy atom. The smallest absolute Gasteiger partial charge is 0.146 e. The summed E-state index contributed by atoms with van der Waals surface area (Å²) < 4.78 is 26.3. The summed E-state index contributed by atoms with van der Waals surface area (Å²) in [6.07, 6.45) is 1.92. The topological polar surface area (TPSA) is 12.0 Å². The number of benzene rings is 2. The predicted molar refractivity (Wildman–Crippen MR) is 72.2 cm³/mol. The lowest BCUT2D eigenvalue weighted by molar-refractivity contribution is 0.372. The minimum Gasteiger partial charge on any atom is -0.380 e. The van der Waals surface area contributed by atoms with Gasteiger partial charge in [-0.25, -0.2) is 8.78 Å². The average Bonchev–Trinajstić information content (AvgIpc) is 2.37. The highest BCUT2D eigenvalue weighted by molar-refractivity contribution is 5.46. The minimum atomic E-state index is -0.215. The van der Waals surface area contributed by atoms with Gasteiger partial charge in [0.25, 0.3) is 0 Å². The Morgan fingerprint density at radius 2 is 1.58 bits per heavy atom. The molecule has 0 atom stereocenters. The van der Waals surface area contributed by atoms with Crippen LogP contribution in [-0.4, -0.2) is 6.04 Å². The summed E-state index contributed by atoms with van der Waals surface area (Å²) in [5.74, 6) is 0.0294. The van der Waals surface area contributed by atoms with Gasteiger partial charge < -0.3 is 5.32 Å². The lowest BCUT2D eigenvalue weighted by atomic mass is 9.76. The highest BCUT2D eigenvalue weighted by atomic mass is 19.1. The van der Waals surface area contributed by atoms with E-state index in [1.54, 1.807) is 12.1 Å². The van der Waals surface area contributed by atoms with Crippen LogP contribution >= 0.6 is 0 Å². The van der Waals surface area contributed by atoms with Crippen molar-refractivity contribution in [3.8, 4) is 0 Å². The monoisotopic (exact) mass is 259 g/mol. The summed E-state index contributed by atoms with van der Waals surface area (Å²) in [4.78, 5) is 0. The fourth-order valence-corrected chi connectivity index (χ4v) is 2.54. The van der Waals surface area contributed by atoms with Crippen LogP contribution in [0.3, 0.4) is 0 Å².